The molecule has 158 valence electrons. The first-order valence-electron chi connectivity index (χ1n) is 11.2. The van der Waals surface area contributed by atoms with E-state index in [0.717, 1.165) is 32.4 Å². The maximum absolute atomic E-state index is 12.8. The van der Waals surface area contributed by atoms with Crippen LogP contribution in [0.4, 0.5) is 4.79 Å². The monoisotopic (exact) mass is 406 g/mol. The number of benzene rings is 2. The second-order valence-electron chi connectivity index (χ2n) is 8.75. The molecule has 1 saturated heterocycles. The average molecular weight is 407 g/mol. The van der Waals surface area contributed by atoms with Crippen LogP contribution in [0.25, 0.3) is 11.1 Å². The Balaban J connectivity index is 1.19. The molecule has 1 saturated carbocycles. The molecule has 2 atom stereocenters. The molecule has 3 aliphatic rings. The minimum atomic E-state index is -0.222. The minimum absolute atomic E-state index is 0.0972. The molecule has 2 aromatic carbocycles. The van der Waals surface area contributed by atoms with E-state index >= 15 is 0 Å². The van der Waals surface area contributed by atoms with E-state index in [1.165, 1.54) is 28.7 Å². The standard InChI is InChI=1S/C25H30N2O3/c28-24-12-6-5-11-23(24)26-13-15-27(16-14-26)25(29)30-17-22-20-9-3-1-7-18(20)19-8-2-4-10-21(19)22/h1-4,7-10,22-24,28H,5-6,11-17H2/t23-,24-/m1/s1. The molecule has 2 fully saturated rings. The highest BCUT2D eigenvalue weighted by atomic mass is 16.6. The Kier molecular flexibility index (Phi) is 5.48. The molecule has 30 heavy (non-hydrogen) atoms. The minimum Gasteiger partial charge on any atom is -0.448 e. The zero-order chi connectivity index (χ0) is 20.5. The Hall–Kier alpha value is -2.37. The first-order chi connectivity index (χ1) is 14.7. The van der Waals surface area contributed by atoms with Gasteiger partial charge in [-0.2, -0.15) is 0 Å². The summed E-state index contributed by atoms with van der Waals surface area (Å²) in [5.41, 5.74) is 4.97. The molecule has 0 bridgehead atoms. The fourth-order valence-corrected chi connectivity index (χ4v) is 5.44. The number of carbonyl (C=O) groups is 1. The molecule has 0 spiro atoms. The maximum atomic E-state index is 12.8. The van der Waals surface area contributed by atoms with Crippen molar-refractivity contribution in [2.45, 2.75) is 43.7 Å². The number of carbonyl (C=O) groups excluding carboxylic acids is 1. The number of ether oxygens (including phenoxy) is 1. The Morgan fingerprint density at radius 3 is 2.13 bits per heavy atom. The van der Waals surface area contributed by atoms with Crippen LogP contribution in [0.1, 0.15) is 42.7 Å². The molecule has 5 rings (SSSR count). The summed E-state index contributed by atoms with van der Waals surface area (Å²) in [7, 11) is 0. The number of hydrogen-bond donors (Lipinski definition) is 1. The Labute approximate surface area is 178 Å². The predicted octanol–water partition coefficient (Wildman–Crippen LogP) is 3.86. The van der Waals surface area contributed by atoms with Crippen LogP contribution in [0, 0.1) is 0 Å². The van der Waals surface area contributed by atoms with Crippen LogP contribution in [0.2, 0.25) is 0 Å². The van der Waals surface area contributed by atoms with E-state index in [-0.39, 0.29) is 24.2 Å². The van der Waals surface area contributed by atoms with Crippen LogP contribution < -0.4 is 0 Å². The SMILES string of the molecule is O=C(OCC1c2ccccc2-c2ccccc21)N1CCN([C@@H]2CCCC[C@H]2O)CC1. The van der Waals surface area contributed by atoms with Crippen LogP contribution in [0.15, 0.2) is 48.5 Å². The first kappa shape index (κ1) is 19.6. The Morgan fingerprint density at radius 1 is 0.900 bits per heavy atom. The van der Waals surface area contributed by atoms with Crippen molar-refractivity contribution < 1.29 is 14.6 Å². The van der Waals surface area contributed by atoms with Crippen molar-refractivity contribution in [3.63, 3.8) is 0 Å². The highest BCUT2D eigenvalue weighted by Gasteiger charge is 2.33. The van der Waals surface area contributed by atoms with Crippen molar-refractivity contribution in [2.75, 3.05) is 32.8 Å². The lowest BCUT2D eigenvalue weighted by Gasteiger charge is -2.42. The summed E-state index contributed by atoms with van der Waals surface area (Å²) in [5, 5.41) is 10.3. The zero-order valence-electron chi connectivity index (χ0n) is 17.4. The number of aliphatic hydroxyl groups excluding tert-OH is 1. The number of rotatable bonds is 3. The molecule has 0 aromatic heterocycles. The largest absolute Gasteiger partial charge is 0.448 e. The van der Waals surface area contributed by atoms with Gasteiger partial charge in [0.25, 0.3) is 0 Å². The van der Waals surface area contributed by atoms with Gasteiger partial charge in [-0.05, 0) is 35.1 Å². The normalized spacial score (nSPS) is 24.4. The quantitative estimate of drug-likeness (QED) is 0.841. The number of aliphatic hydroxyl groups is 1. The highest BCUT2D eigenvalue weighted by molar-refractivity contribution is 5.79. The van der Waals surface area contributed by atoms with Crippen LogP contribution in [0.3, 0.4) is 0 Å². The van der Waals surface area contributed by atoms with Gasteiger partial charge < -0.3 is 14.7 Å². The van der Waals surface area contributed by atoms with Gasteiger partial charge in [-0.15, -0.1) is 0 Å². The van der Waals surface area contributed by atoms with Gasteiger partial charge in [-0.3, -0.25) is 4.90 Å². The summed E-state index contributed by atoms with van der Waals surface area (Å²) in [6, 6.07) is 17.1. The molecule has 1 heterocycles. The summed E-state index contributed by atoms with van der Waals surface area (Å²) in [6.07, 6.45) is 3.83. The molecule has 2 aliphatic carbocycles. The van der Waals surface area contributed by atoms with Crippen LogP contribution in [0.5, 0.6) is 0 Å². The van der Waals surface area contributed by atoms with E-state index < -0.39 is 0 Å². The fraction of sp³-hybridized carbons (Fsp3) is 0.480. The van der Waals surface area contributed by atoms with E-state index in [2.05, 4.69) is 53.4 Å². The smallest absolute Gasteiger partial charge is 0.409 e. The first-order valence-corrected chi connectivity index (χ1v) is 11.2. The molecular formula is C25H30N2O3. The topological polar surface area (TPSA) is 53.0 Å². The van der Waals surface area contributed by atoms with Gasteiger partial charge in [0.1, 0.15) is 6.61 Å². The van der Waals surface area contributed by atoms with Crippen molar-refractivity contribution in [1.82, 2.24) is 9.80 Å². The Bertz CT molecular complexity index is 861. The van der Waals surface area contributed by atoms with Gasteiger partial charge in [0, 0.05) is 38.1 Å². The van der Waals surface area contributed by atoms with Gasteiger partial charge in [0.05, 0.1) is 6.10 Å². The van der Waals surface area contributed by atoms with E-state index in [1.807, 2.05) is 4.90 Å². The van der Waals surface area contributed by atoms with Crippen molar-refractivity contribution >= 4 is 6.09 Å². The number of fused-ring (bicyclic) bond motifs is 3. The fourth-order valence-electron chi connectivity index (χ4n) is 5.44. The van der Waals surface area contributed by atoms with E-state index in [0.29, 0.717) is 19.7 Å². The summed E-state index contributed by atoms with van der Waals surface area (Å²) >= 11 is 0. The highest BCUT2D eigenvalue weighted by Crippen LogP contribution is 2.44. The van der Waals surface area contributed by atoms with Crippen LogP contribution >= 0.6 is 0 Å². The van der Waals surface area contributed by atoms with Crippen molar-refractivity contribution in [2.24, 2.45) is 0 Å². The van der Waals surface area contributed by atoms with E-state index in [4.69, 9.17) is 4.74 Å². The summed E-state index contributed by atoms with van der Waals surface area (Å²) in [4.78, 5) is 16.9. The van der Waals surface area contributed by atoms with Gasteiger partial charge in [0.2, 0.25) is 0 Å². The molecule has 1 amide bonds. The molecule has 2 aromatic rings. The van der Waals surface area contributed by atoms with E-state index in [1.54, 1.807) is 0 Å². The lowest BCUT2D eigenvalue weighted by molar-refractivity contribution is -0.00423. The third-order valence-electron chi connectivity index (χ3n) is 7.07. The molecule has 0 unspecified atom stereocenters. The molecular weight excluding hydrogens is 376 g/mol. The summed E-state index contributed by atoms with van der Waals surface area (Å²) in [5.74, 6) is 0.0972. The van der Waals surface area contributed by atoms with Gasteiger partial charge in [-0.1, -0.05) is 61.4 Å². The predicted molar refractivity (Wildman–Crippen MR) is 116 cm³/mol. The zero-order valence-corrected chi connectivity index (χ0v) is 17.4. The van der Waals surface area contributed by atoms with E-state index in [9.17, 15) is 9.90 Å². The van der Waals surface area contributed by atoms with Crippen LogP contribution in [-0.4, -0.2) is 65.9 Å². The molecule has 1 N–H and O–H groups in total. The van der Waals surface area contributed by atoms with Crippen molar-refractivity contribution in [1.29, 1.82) is 0 Å². The summed E-state index contributed by atoms with van der Waals surface area (Å²) in [6.45, 7) is 3.33. The second-order valence-corrected chi connectivity index (χ2v) is 8.75. The number of hydrogen-bond acceptors (Lipinski definition) is 4. The third kappa shape index (κ3) is 3.61. The lowest BCUT2D eigenvalue weighted by atomic mass is 9.91. The number of amides is 1. The second kappa shape index (κ2) is 8.40. The molecule has 5 nitrogen and oxygen atoms in total. The summed E-state index contributed by atoms with van der Waals surface area (Å²) < 4.78 is 5.80. The van der Waals surface area contributed by atoms with Crippen molar-refractivity contribution in [3.05, 3.63) is 59.7 Å². The van der Waals surface area contributed by atoms with Gasteiger partial charge in [0.15, 0.2) is 0 Å². The maximum Gasteiger partial charge on any atom is 0.409 e. The third-order valence-corrected chi connectivity index (χ3v) is 7.07. The van der Waals surface area contributed by atoms with Gasteiger partial charge >= 0.3 is 6.09 Å². The number of piperazine rings is 1. The average Bonchev–Trinajstić information content (AvgIpc) is 3.12. The molecule has 0 radical (unpaired) electrons. The molecule has 5 heteroatoms. The lowest BCUT2D eigenvalue weighted by Crippen LogP contribution is -2.55. The van der Waals surface area contributed by atoms with Crippen LogP contribution in [-0.2, 0) is 4.74 Å². The molecule has 1 aliphatic heterocycles. The Morgan fingerprint density at radius 2 is 1.50 bits per heavy atom. The van der Waals surface area contributed by atoms with Gasteiger partial charge in [-0.25, -0.2) is 4.79 Å². The van der Waals surface area contributed by atoms with Crippen molar-refractivity contribution in [3.8, 4) is 11.1 Å². The number of nitrogens with zero attached hydrogens (tertiary/aromatic N) is 2.